The summed E-state index contributed by atoms with van der Waals surface area (Å²) >= 11 is 5.79. The zero-order valence-electron chi connectivity index (χ0n) is 10.7. The first-order valence-corrected chi connectivity index (χ1v) is 7.29. The number of sulfonamides is 1. The fraction of sp³-hybridized carbons (Fsp3) is 0.455. The fourth-order valence-corrected chi connectivity index (χ4v) is 3.05. The molecule has 5 nitrogen and oxygen atoms in total. The van der Waals surface area contributed by atoms with Gasteiger partial charge in [-0.25, -0.2) is 12.8 Å². The first kappa shape index (κ1) is 16.3. The molecular weight excluding hydrogens is 295 g/mol. The van der Waals surface area contributed by atoms with Crippen molar-refractivity contribution in [1.29, 1.82) is 0 Å². The first-order chi connectivity index (χ1) is 8.84. The summed E-state index contributed by atoms with van der Waals surface area (Å²) in [4.78, 5) is -0.473. The van der Waals surface area contributed by atoms with Crippen molar-refractivity contribution in [3.63, 3.8) is 0 Å². The van der Waals surface area contributed by atoms with E-state index in [2.05, 4.69) is 0 Å². The molecule has 0 fully saturated rings. The van der Waals surface area contributed by atoms with Gasteiger partial charge in [0.15, 0.2) is 0 Å². The van der Waals surface area contributed by atoms with Crippen LogP contribution in [0, 0.1) is 5.82 Å². The van der Waals surface area contributed by atoms with E-state index in [0.717, 1.165) is 10.4 Å². The molecule has 1 aromatic carbocycles. The summed E-state index contributed by atoms with van der Waals surface area (Å²) in [6, 6.07) is 2.39. The van der Waals surface area contributed by atoms with Gasteiger partial charge in [0.05, 0.1) is 6.61 Å². The third kappa shape index (κ3) is 3.64. The van der Waals surface area contributed by atoms with Crippen LogP contribution in [0.25, 0.3) is 0 Å². The maximum atomic E-state index is 14.1. The molecule has 0 aliphatic heterocycles. The molecule has 0 aromatic heterocycles. The van der Waals surface area contributed by atoms with Crippen LogP contribution in [0.4, 0.5) is 4.39 Å². The molecule has 0 spiro atoms. The Balaban J connectivity index is 3.25. The minimum absolute atomic E-state index is 0.0613. The van der Waals surface area contributed by atoms with Gasteiger partial charge in [-0.15, -0.1) is 0 Å². The predicted octanol–water partition coefficient (Wildman–Crippen LogP) is 1.20. The standard InChI is InChI=1S/C11H16ClFN2O3S/c1-15(3-4-18-2)19(16,17)10-6-9(12)5-8(7-14)11(10)13/h5-6H,3-4,7,14H2,1-2H3. The molecule has 0 aliphatic rings. The average molecular weight is 311 g/mol. The normalized spacial score (nSPS) is 12.1. The van der Waals surface area contributed by atoms with Gasteiger partial charge >= 0.3 is 0 Å². The van der Waals surface area contributed by atoms with Crippen LogP contribution in [0.15, 0.2) is 17.0 Å². The SMILES string of the molecule is COCCN(C)S(=O)(=O)c1cc(Cl)cc(CN)c1F. The predicted molar refractivity (Wildman–Crippen MR) is 71.0 cm³/mol. The molecule has 1 aromatic rings. The quantitative estimate of drug-likeness (QED) is 0.857. The molecule has 0 bridgehead atoms. The van der Waals surface area contributed by atoms with Crippen LogP contribution in [0.3, 0.4) is 0 Å². The molecule has 0 atom stereocenters. The van der Waals surface area contributed by atoms with Crippen molar-refractivity contribution in [2.24, 2.45) is 5.73 Å². The van der Waals surface area contributed by atoms with E-state index in [9.17, 15) is 12.8 Å². The van der Waals surface area contributed by atoms with Gasteiger partial charge in [0.1, 0.15) is 10.7 Å². The molecule has 8 heteroatoms. The summed E-state index contributed by atoms with van der Waals surface area (Å²) in [5.41, 5.74) is 5.42. The number of ether oxygens (including phenoxy) is 1. The molecular formula is C11H16ClFN2O3S. The van der Waals surface area contributed by atoms with Crippen LogP contribution in [-0.4, -0.2) is 40.0 Å². The van der Waals surface area contributed by atoms with Crippen molar-refractivity contribution in [1.82, 2.24) is 4.31 Å². The lowest BCUT2D eigenvalue weighted by atomic mass is 10.2. The van der Waals surface area contributed by atoms with Crippen molar-refractivity contribution >= 4 is 21.6 Å². The molecule has 0 radical (unpaired) electrons. The van der Waals surface area contributed by atoms with Gasteiger partial charge in [0.2, 0.25) is 10.0 Å². The summed E-state index contributed by atoms with van der Waals surface area (Å²) in [5, 5.41) is 0.126. The van der Waals surface area contributed by atoms with Crippen LogP contribution >= 0.6 is 11.6 Å². The molecule has 0 amide bonds. The van der Waals surface area contributed by atoms with E-state index >= 15 is 0 Å². The van der Waals surface area contributed by atoms with E-state index in [1.165, 1.54) is 20.2 Å². The Hall–Kier alpha value is -0.730. The lowest BCUT2D eigenvalue weighted by Crippen LogP contribution is -2.31. The highest BCUT2D eigenvalue weighted by Gasteiger charge is 2.26. The molecule has 1 rings (SSSR count). The highest BCUT2D eigenvalue weighted by atomic mass is 35.5. The monoisotopic (exact) mass is 310 g/mol. The Morgan fingerprint density at radius 1 is 1.47 bits per heavy atom. The van der Waals surface area contributed by atoms with E-state index < -0.39 is 20.7 Å². The average Bonchev–Trinajstić information content (AvgIpc) is 2.37. The summed E-state index contributed by atoms with van der Waals surface area (Å²) in [6.07, 6.45) is 0. The number of halogens is 2. The largest absolute Gasteiger partial charge is 0.383 e. The van der Waals surface area contributed by atoms with Gasteiger partial charge in [-0.2, -0.15) is 4.31 Å². The van der Waals surface area contributed by atoms with E-state index in [-0.39, 0.29) is 30.3 Å². The zero-order valence-corrected chi connectivity index (χ0v) is 12.3. The number of nitrogens with zero attached hydrogens (tertiary/aromatic N) is 1. The second kappa shape index (κ2) is 6.62. The molecule has 2 N–H and O–H groups in total. The van der Waals surface area contributed by atoms with Gasteiger partial charge in [0, 0.05) is 37.8 Å². The highest BCUT2D eigenvalue weighted by Crippen LogP contribution is 2.25. The summed E-state index contributed by atoms with van der Waals surface area (Å²) in [5.74, 6) is -0.865. The molecule has 0 heterocycles. The number of benzene rings is 1. The number of rotatable bonds is 6. The number of hydrogen-bond donors (Lipinski definition) is 1. The van der Waals surface area contributed by atoms with Gasteiger partial charge in [-0.3, -0.25) is 0 Å². The maximum Gasteiger partial charge on any atom is 0.245 e. The highest BCUT2D eigenvalue weighted by molar-refractivity contribution is 7.89. The number of likely N-dealkylation sites (N-methyl/N-ethyl adjacent to an activating group) is 1. The summed E-state index contributed by atoms with van der Waals surface area (Å²) in [7, 11) is -1.16. The maximum absolute atomic E-state index is 14.1. The van der Waals surface area contributed by atoms with Crippen LogP contribution in [-0.2, 0) is 21.3 Å². The third-order valence-electron chi connectivity index (χ3n) is 2.60. The molecule has 0 aliphatic carbocycles. The van der Waals surface area contributed by atoms with Gasteiger partial charge in [-0.05, 0) is 12.1 Å². The Labute approximate surface area is 117 Å². The minimum atomic E-state index is -3.96. The van der Waals surface area contributed by atoms with Crippen LogP contribution in [0.5, 0.6) is 0 Å². The van der Waals surface area contributed by atoms with Crippen LogP contribution in [0.1, 0.15) is 5.56 Å². The second-order valence-electron chi connectivity index (χ2n) is 3.90. The van der Waals surface area contributed by atoms with Crippen LogP contribution < -0.4 is 5.73 Å². The van der Waals surface area contributed by atoms with Gasteiger partial charge in [-0.1, -0.05) is 11.6 Å². The Kier molecular flexibility index (Phi) is 5.69. The lowest BCUT2D eigenvalue weighted by molar-refractivity contribution is 0.185. The zero-order chi connectivity index (χ0) is 14.6. The van der Waals surface area contributed by atoms with E-state index in [1.54, 1.807) is 0 Å². The first-order valence-electron chi connectivity index (χ1n) is 5.47. The molecule has 108 valence electrons. The van der Waals surface area contributed by atoms with Gasteiger partial charge in [0.25, 0.3) is 0 Å². The van der Waals surface area contributed by atoms with E-state index in [4.69, 9.17) is 22.1 Å². The Morgan fingerprint density at radius 2 is 2.11 bits per heavy atom. The third-order valence-corrected chi connectivity index (χ3v) is 4.67. The lowest BCUT2D eigenvalue weighted by Gasteiger charge is -2.18. The molecule has 0 saturated heterocycles. The van der Waals surface area contributed by atoms with Gasteiger partial charge < -0.3 is 10.5 Å². The topological polar surface area (TPSA) is 72.6 Å². The minimum Gasteiger partial charge on any atom is -0.383 e. The fourth-order valence-electron chi connectivity index (χ4n) is 1.46. The number of nitrogens with two attached hydrogens (primary N) is 1. The van der Waals surface area contributed by atoms with Crippen molar-refractivity contribution in [3.05, 3.63) is 28.5 Å². The molecule has 0 unspecified atom stereocenters. The summed E-state index contributed by atoms with van der Waals surface area (Å²) in [6.45, 7) is 0.196. The molecule has 0 saturated carbocycles. The Morgan fingerprint density at radius 3 is 2.63 bits per heavy atom. The van der Waals surface area contributed by atoms with E-state index in [0.29, 0.717) is 0 Å². The second-order valence-corrected chi connectivity index (χ2v) is 6.35. The van der Waals surface area contributed by atoms with Crippen LogP contribution in [0.2, 0.25) is 5.02 Å². The number of hydrogen-bond acceptors (Lipinski definition) is 4. The summed E-state index contributed by atoms with van der Waals surface area (Å²) < 4.78 is 44.3. The van der Waals surface area contributed by atoms with Crippen molar-refractivity contribution in [2.75, 3.05) is 27.3 Å². The van der Waals surface area contributed by atoms with E-state index in [1.807, 2.05) is 0 Å². The van der Waals surface area contributed by atoms with Crippen molar-refractivity contribution < 1.29 is 17.5 Å². The van der Waals surface area contributed by atoms with Crippen molar-refractivity contribution in [2.45, 2.75) is 11.4 Å². The van der Waals surface area contributed by atoms with Crippen molar-refractivity contribution in [3.8, 4) is 0 Å². The Bertz CT molecular complexity index is 551. The number of methoxy groups -OCH3 is 1. The molecule has 19 heavy (non-hydrogen) atoms. The smallest absolute Gasteiger partial charge is 0.245 e.